The average Bonchev–Trinajstić information content (AvgIpc) is 3.17. The van der Waals surface area contributed by atoms with Crippen molar-refractivity contribution in [1.29, 1.82) is 0 Å². The van der Waals surface area contributed by atoms with Crippen molar-refractivity contribution in [3.05, 3.63) is 47.5 Å². The molecule has 1 unspecified atom stereocenters. The largest absolute Gasteiger partial charge is 0.310 e. The van der Waals surface area contributed by atoms with Crippen LogP contribution in [0.3, 0.4) is 0 Å². The molecule has 20 heavy (non-hydrogen) atoms. The molecule has 0 saturated heterocycles. The number of nitrogens with zero attached hydrogens (tertiary/aromatic N) is 2. The fourth-order valence-electron chi connectivity index (χ4n) is 2.57. The summed E-state index contributed by atoms with van der Waals surface area (Å²) in [6.45, 7) is 4.95. The number of benzene rings is 1. The van der Waals surface area contributed by atoms with Crippen molar-refractivity contribution in [3.8, 4) is 5.69 Å². The van der Waals surface area contributed by atoms with Gasteiger partial charge in [0.15, 0.2) is 0 Å². The summed E-state index contributed by atoms with van der Waals surface area (Å²) in [4.78, 5) is 0. The summed E-state index contributed by atoms with van der Waals surface area (Å²) >= 11 is 0. The molecule has 0 bridgehead atoms. The number of aromatic nitrogens is 2. The summed E-state index contributed by atoms with van der Waals surface area (Å²) in [6.07, 6.45) is 4.45. The quantitative estimate of drug-likeness (QED) is 0.902. The molecule has 1 atom stereocenters. The zero-order valence-corrected chi connectivity index (χ0v) is 11.9. The molecule has 0 radical (unpaired) electrons. The zero-order chi connectivity index (χ0) is 14.1. The monoisotopic (exact) mass is 273 g/mol. The SMILES string of the molecule is CCNC(C)c1cc(F)ccc1-n1ccc(C2CC2)n1. The van der Waals surface area contributed by atoms with Gasteiger partial charge in [0.2, 0.25) is 0 Å². The molecule has 1 saturated carbocycles. The van der Waals surface area contributed by atoms with Crippen molar-refractivity contribution in [2.24, 2.45) is 0 Å². The minimum absolute atomic E-state index is 0.0966. The highest BCUT2D eigenvalue weighted by Crippen LogP contribution is 2.39. The van der Waals surface area contributed by atoms with E-state index in [1.165, 1.54) is 18.9 Å². The number of rotatable bonds is 5. The van der Waals surface area contributed by atoms with E-state index < -0.39 is 0 Å². The molecule has 1 N–H and O–H groups in total. The molecule has 1 heterocycles. The second-order valence-electron chi connectivity index (χ2n) is 5.44. The summed E-state index contributed by atoms with van der Waals surface area (Å²) in [6, 6.07) is 7.07. The standard InChI is InChI=1S/C16H20FN3/c1-3-18-11(2)14-10-13(17)6-7-16(14)20-9-8-15(19-20)12-4-5-12/h6-12,18H,3-5H2,1-2H3. The topological polar surface area (TPSA) is 29.9 Å². The lowest BCUT2D eigenvalue weighted by atomic mass is 10.1. The van der Waals surface area contributed by atoms with Crippen LogP contribution in [0.15, 0.2) is 30.5 Å². The highest BCUT2D eigenvalue weighted by atomic mass is 19.1. The molecule has 106 valence electrons. The number of hydrogen-bond acceptors (Lipinski definition) is 2. The molecule has 1 aromatic carbocycles. The third kappa shape index (κ3) is 2.61. The lowest BCUT2D eigenvalue weighted by Crippen LogP contribution is -2.19. The van der Waals surface area contributed by atoms with E-state index in [9.17, 15) is 4.39 Å². The van der Waals surface area contributed by atoms with Crippen LogP contribution in [0.2, 0.25) is 0 Å². The minimum Gasteiger partial charge on any atom is -0.310 e. The zero-order valence-electron chi connectivity index (χ0n) is 11.9. The molecular weight excluding hydrogens is 253 g/mol. The lowest BCUT2D eigenvalue weighted by molar-refractivity contribution is 0.578. The maximum Gasteiger partial charge on any atom is 0.123 e. The van der Waals surface area contributed by atoms with E-state index in [4.69, 9.17) is 0 Å². The Bertz CT molecular complexity index is 602. The molecule has 3 nitrogen and oxygen atoms in total. The van der Waals surface area contributed by atoms with Crippen molar-refractivity contribution in [2.75, 3.05) is 6.54 Å². The molecule has 0 amide bonds. The van der Waals surface area contributed by atoms with Gasteiger partial charge >= 0.3 is 0 Å². The number of nitrogens with one attached hydrogen (secondary N) is 1. The molecule has 2 aromatic rings. The Morgan fingerprint density at radius 2 is 2.20 bits per heavy atom. The van der Waals surface area contributed by atoms with Gasteiger partial charge in [-0.2, -0.15) is 5.10 Å². The van der Waals surface area contributed by atoms with Crippen LogP contribution in [0.25, 0.3) is 5.69 Å². The van der Waals surface area contributed by atoms with Gasteiger partial charge in [-0.15, -0.1) is 0 Å². The first-order valence-electron chi connectivity index (χ1n) is 7.27. The van der Waals surface area contributed by atoms with E-state index in [0.29, 0.717) is 5.92 Å². The molecule has 1 aliphatic rings. The molecule has 1 fully saturated rings. The Labute approximate surface area is 118 Å². The fraction of sp³-hybridized carbons (Fsp3) is 0.438. The maximum absolute atomic E-state index is 13.5. The Morgan fingerprint density at radius 3 is 2.90 bits per heavy atom. The van der Waals surface area contributed by atoms with Gasteiger partial charge in [-0.05, 0) is 56.1 Å². The van der Waals surface area contributed by atoms with Crippen molar-refractivity contribution in [3.63, 3.8) is 0 Å². The third-order valence-electron chi connectivity index (χ3n) is 3.82. The van der Waals surface area contributed by atoms with Crippen LogP contribution >= 0.6 is 0 Å². The Kier molecular flexibility index (Phi) is 3.57. The van der Waals surface area contributed by atoms with Crippen LogP contribution in [0.5, 0.6) is 0 Å². The van der Waals surface area contributed by atoms with Crippen molar-refractivity contribution < 1.29 is 4.39 Å². The normalized spacial score (nSPS) is 16.4. The summed E-state index contributed by atoms with van der Waals surface area (Å²) < 4.78 is 15.4. The van der Waals surface area contributed by atoms with E-state index in [-0.39, 0.29) is 11.9 Å². The van der Waals surface area contributed by atoms with Crippen LogP contribution in [-0.2, 0) is 0 Å². The summed E-state index contributed by atoms with van der Waals surface area (Å²) in [5, 5.41) is 7.98. The van der Waals surface area contributed by atoms with Gasteiger partial charge in [-0.1, -0.05) is 6.92 Å². The molecular formula is C16H20FN3. The maximum atomic E-state index is 13.5. The second kappa shape index (κ2) is 5.37. The van der Waals surface area contributed by atoms with E-state index in [2.05, 4.69) is 23.4 Å². The van der Waals surface area contributed by atoms with Crippen molar-refractivity contribution in [2.45, 2.75) is 38.6 Å². The summed E-state index contributed by atoms with van der Waals surface area (Å²) in [5.74, 6) is 0.425. The highest BCUT2D eigenvalue weighted by Gasteiger charge is 2.26. The third-order valence-corrected chi connectivity index (χ3v) is 3.82. The van der Waals surface area contributed by atoms with E-state index in [1.54, 1.807) is 6.07 Å². The molecule has 4 heteroatoms. The van der Waals surface area contributed by atoms with Crippen molar-refractivity contribution >= 4 is 0 Å². The van der Waals surface area contributed by atoms with Gasteiger partial charge in [0.25, 0.3) is 0 Å². The predicted molar refractivity (Wildman–Crippen MR) is 77.6 cm³/mol. The fourth-order valence-corrected chi connectivity index (χ4v) is 2.57. The summed E-state index contributed by atoms with van der Waals surface area (Å²) in [5.41, 5.74) is 3.04. The highest BCUT2D eigenvalue weighted by molar-refractivity contribution is 5.43. The van der Waals surface area contributed by atoms with Crippen LogP contribution in [0.4, 0.5) is 4.39 Å². The van der Waals surface area contributed by atoms with Crippen LogP contribution in [0, 0.1) is 5.82 Å². The van der Waals surface area contributed by atoms with E-state index in [0.717, 1.165) is 23.5 Å². The van der Waals surface area contributed by atoms with Gasteiger partial charge in [-0.3, -0.25) is 0 Å². The Balaban J connectivity index is 1.97. The predicted octanol–water partition coefficient (Wildman–Crippen LogP) is 3.56. The van der Waals surface area contributed by atoms with E-state index >= 15 is 0 Å². The number of halogens is 1. The molecule has 3 rings (SSSR count). The Hall–Kier alpha value is -1.68. The first kappa shape index (κ1) is 13.3. The molecule has 1 aromatic heterocycles. The van der Waals surface area contributed by atoms with E-state index in [1.807, 2.05) is 23.9 Å². The number of hydrogen-bond donors (Lipinski definition) is 1. The molecule has 0 spiro atoms. The first-order chi connectivity index (χ1) is 9.69. The molecule has 0 aliphatic heterocycles. The summed E-state index contributed by atoms with van der Waals surface area (Å²) in [7, 11) is 0. The van der Waals surface area contributed by atoms with Crippen LogP contribution in [-0.4, -0.2) is 16.3 Å². The van der Waals surface area contributed by atoms with Gasteiger partial charge in [-0.25, -0.2) is 9.07 Å². The van der Waals surface area contributed by atoms with Crippen molar-refractivity contribution in [1.82, 2.24) is 15.1 Å². The van der Waals surface area contributed by atoms with Crippen LogP contribution < -0.4 is 5.32 Å². The van der Waals surface area contributed by atoms with Gasteiger partial charge in [0.1, 0.15) is 5.82 Å². The van der Waals surface area contributed by atoms with Gasteiger partial charge < -0.3 is 5.32 Å². The second-order valence-corrected chi connectivity index (χ2v) is 5.44. The smallest absolute Gasteiger partial charge is 0.123 e. The first-order valence-corrected chi connectivity index (χ1v) is 7.27. The Morgan fingerprint density at radius 1 is 1.40 bits per heavy atom. The molecule has 1 aliphatic carbocycles. The lowest BCUT2D eigenvalue weighted by Gasteiger charge is -2.17. The average molecular weight is 273 g/mol. The van der Waals surface area contributed by atoms with Gasteiger partial charge in [0.05, 0.1) is 11.4 Å². The van der Waals surface area contributed by atoms with Crippen LogP contribution in [0.1, 0.15) is 49.9 Å². The minimum atomic E-state index is -0.205. The van der Waals surface area contributed by atoms with Gasteiger partial charge in [0, 0.05) is 18.2 Å².